The summed E-state index contributed by atoms with van der Waals surface area (Å²) in [6, 6.07) is 0. The van der Waals surface area contributed by atoms with Gasteiger partial charge in [0.05, 0.1) is 11.8 Å². The van der Waals surface area contributed by atoms with Crippen molar-refractivity contribution >= 4 is 23.6 Å². The number of carbonyl (C=O) groups is 2. The minimum Gasteiger partial charge on any atom is -0.459 e. The van der Waals surface area contributed by atoms with E-state index in [1.807, 2.05) is 0 Å². The molecular formula is C16H25NO3S. The van der Waals surface area contributed by atoms with Gasteiger partial charge in [0.2, 0.25) is 5.91 Å². The van der Waals surface area contributed by atoms with Crippen LogP contribution in [-0.2, 0) is 14.3 Å². The van der Waals surface area contributed by atoms with E-state index in [0.29, 0.717) is 12.3 Å². The summed E-state index contributed by atoms with van der Waals surface area (Å²) in [6.07, 6.45) is 6.29. The molecule has 1 heterocycles. The molecule has 2 aliphatic rings. The van der Waals surface area contributed by atoms with Gasteiger partial charge in [-0.05, 0) is 42.4 Å². The van der Waals surface area contributed by atoms with Crippen LogP contribution in [0.25, 0.3) is 0 Å². The Morgan fingerprint density at radius 2 is 2.24 bits per heavy atom. The van der Waals surface area contributed by atoms with Crippen molar-refractivity contribution in [3.8, 4) is 0 Å². The normalized spacial score (nSPS) is 32.9. The molecule has 0 aromatic carbocycles. The molecule has 1 aliphatic heterocycles. The molecule has 4 nitrogen and oxygen atoms in total. The summed E-state index contributed by atoms with van der Waals surface area (Å²) in [4.78, 5) is 22.6. The minimum absolute atomic E-state index is 0.0386. The summed E-state index contributed by atoms with van der Waals surface area (Å²) in [5, 5.41) is 4.57. The first-order chi connectivity index (χ1) is 9.89. The molecule has 0 bridgehead atoms. The molecule has 1 N–H and O–H groups in total. The van der Waals surface area contributed by atoms with Gasteiger partial charge in [-0.2, -0.15) is 0 Å². The van der Waals surface area contributed by atoms with Gasteiger partial charge >= 0.3 is 5.97 Å². The highest BCUT2D eigenvalue weighted by Gasteiger charge is 2.36. The second-order valence-electron chi connectivity index (χ2n) is 6.66. The molecule has 2 fully saturated rings. The maximum atomic E-state index is 11.8. The van der Waals surface area contributed by atoms with Crippen LogP contribution in [0.1, 0.15) is 52.9 Å². The number of ether oxygens (including phenoxy) is 1. The standard InChI is InChI=1S/C16H25NO3S/c1-11(2)16(3)7-4-5-12(10-16)20-15(19)6-8-21-14-9-13(18)17-14/h6,8,11-12,14H,4-5,7,9-10H2,1-3H3,(H,17,18)/t12-,14-,16+/m0/s1. The topological polar surface area (TPSA) is 55.4 Å². The van der Waals surface area contributed by atoms with E-state index in [1.165, 1.54) is 24.3 Å². The molecule has 0 aromatic heterocycles. The predicted octanol–water partition coefficient (Wildman–Crippen LogP) is 3.23. The van der Waals surface area contributed by atoms with Crippen LogP contribution in [-0.4, -0.2) is 23.4 Å². The number of rotatable bonds is 5. The summed E-state index contributed by atoms with van der Waals surface area (Å²) in [5.41, 5.74) is 0.276. The molecular weight excluding hydrogens is 286 g/mol. The lowest BCUT2D eigenvalue weighted by molar-refractivity contribution is -0.147. The first-order valence-corrected chi connectivity index (χ1v) is 8.65. The molecule has 2 rings (SSSR count). The third-order valence-corrected chi connectivity index (χ3v) is 5.69. The molecule has 1 aliphatic carbocycles. The Morgan fingerprint density at radius 1 is 1.52 bits per heavy atom. The van der Waals surface area contributed by atoms with E-state index < -0.39 is 0 Å². The molecule has 1 saturated heterocycles. The van der Waals surface area contributed by atoms with Gasteiger partial charge < -0.3 is 10.1 Å². The molecule has 5 heteroatoms. The molecule has 1 saturated carbocycles. The molecule has 21 heavy (non-hydrogen) atoms. The number of esters is 1. The zero-order chi connectivity index (χ0) is 15.5. The zero-order valence-corrected chi connectivity index (χ0v) is 13.9. The molecule has 0 spiro atoms. The van der Waals surface area contributed by atoms with E-state index in [-0.39, 0.29) is 28.8 Å². The molecule has 0 radical (unpaired) electrons. The fourth-order valence-electron chi connectivity index (χ4n) is 2.88. The number of hydrogen-bond acceptors (Lipinski definition) is 4. The van der Waals surface area contributed by atoms with E-state index in [4.69, 9.17) is 4.74 Å². The van der Waals surface area contributed by atoms with Crippen molar-refractivity contribution in [2.24, 2.45) is 11.3 Å². The van der Waals surface area contributed by atoms with Crippen molar-refractivity contribution in [2.45, 2.75) is 64.4 Å². The Balaban J connectivity index is 1.74. The van der Waals surface area contributed by atoms with Crippen molar-refractivity contribution in [2.75, 3.05) is 0 Å². The van der Waals surface area contributed by atoms with E-state index in [0.717, 1.165) is 19.3 Å². The van der Waals surface area contributed by atoms with E-state index in [1.54, 1.807) is 5.41 Å². The third kappa shape index (κ3) is 4.50. The average Bonchev–Trinajstić information content (AvgIpc) is 2.36. The Labute approximate surface area is 131 Å². The van der Waals surface area contributed by atoms with Gasteiger partial charge in [0.1, 0.15) is 6.10 Å². The van der Waals surface area contributed by atoms with Gasteiger partial charge in [0.15, 0.2) is 0 Å². The van der Waals surface area contributed by atoms with Gasteiger partial charge in [0.25, 0.3) is 0 Å². The maximum absolute atomic E-state index is 11.8. The molecule has 0 aromatic rings. The lowest BCUT2D eigenvalue weighted by Crippen LogP contribution is -2.45. The number of amides is 1. The van der Waals surface area contributed by atoms with Crippen LogP contribution in [0.5, 0.6) is 0 Å². The number of β-lactam (4-membered cyclic amide) rings is 1. The highest BCUT2D eigenvalue weighted by atomic mass is 32.2. The molecule has 3 atom stereocenters. The minimum atomic E-state index is -0.272. The molecule has 118 valence electrons. The van der Waals surface area contributed by atoms with E-state index in [9.17, 15) is 9.59 Å². The van der Waals surface area contributed by atoms with Gasteiger partial charge in [-0.25, -0.2) is 4.79 Å². The van der Waals surface area contributed by atoms with Crippen LogP contribution < -0.4 is 5.32 Å². The summed E-state index contributed by atoms with van der Waals surface area (Å²) < 4.78 is 5.57. The van der Waals surface area contributed by atoms with Crippen LogP contribution in [0.2, 0.25) is 0 Å². The fourth-order valence-corrected chi connectivity index (χ4v) is 3.71. The van der Waals surface area contributed by atoms with Gasteiger partial charge in [-0.3, -0.25) is 4.79 Å². The molecule has 0 unspecified atom stereocenters. The van der Waals surface area contributed by atoms with Crippen molar-refractivity contribution in [3.63, 3.8) is 0 Å². The third-order valence-electron chi connectivity index (χ3n) is 4.78. The summed E-state index contributed by atoms with van der Waals surface area (Å²) >= 11 is 1.45. The predicted molar refractivity (Wildman–Crippen MR) is 84.6 cm³/mol. The van der Waals surface area contributed by atoms with Crippen molar-refractivity contribution in [1.29, 1.82) is 0 Å². The summed E-state index contributed by atoms with van der Waals surface area (Å²) in [5.74, 6) is 0.400. The highest BCUT2D eigenvalue weighted by molar-refractivity contribution is 8.02. The second kappa shape index (κ2) is 6.86. The first-order valence-electron chi connectivity index (χ1n) is 7.71. The van der Waals surface area contributed by atoms with Crippen LogP contribution in [0.15, 0.2) is 11.5 Å². The van der Waals surface area contributed by atoms with Crippen molar-refractivity contribution in [1.82, 2.24) is 5.32 Å². The first kappa shape index (κ1) is 16.4. The fraction of sp³-hybridized carbons (Fsp3) is 0.750. The Kier molecular flexibility index (Phi) is 5.36. The van der Waals surface area contributed by atoms with Crippen LogP contribution in [0.4, 0.5) is 0 Å². The monoisotopic (exact) mass is 311 g/mol. The SMILES string of the molecule is CC(C)[C@]1(C)CCC[C@H](OC(=O)C=CS[C@H]2CC(=O)N2)C1. The number of hydrogen-bond donors (Lipinski definition) is 1. The largest absolute Gasteiger partial charge is 0.459 e. The van der Waals surface area contributed by atoms with Gasteiger partial charge in [-0.1, -0.05) is 20.8 Å². The average molecular weight is 311 g/mol. The number of nitrogens with one attached hydrogen (secondary N) is 1. The van der Waals surface area contributed by atoms with Crippen molar-refractivity contribution in [3.05, 3.63) is 11.5 Å². The lowest BCUT2D eigenvalue weighted by Gasteiger charge is -2.40. The number of thioether (sulfide) groups is 1. The zero-order valence-electron chi connectivity index (χ0n) is 13.1. The molecule has 1 amide bonds. The number of carbonyl (C=O) groups excluding carboxylic acids is 2. The summed E-state index contributed by atoms with van der Waals surface area (Å²) in [6.45, 7) is 6.78. The highest BCUT2D eigenvalue weighted by Crippen LogP contribution is 2.42. The lowest BCUT2D eigenvalue weighted by atomic mass is 9.67. The smallest absolute Gasteiger partial charge is 0.331 e. The van der Waals surface area contributed by atoms with Crippen LogP contribution >= 0.6 is 11.8 Å². The van der Waals surface area contributed by atoms with E-state index >= 15 is 0 Å². The maximum Gasteiger partial charge on any atom is 0.331 e. The quantitative estimate of drug-likeness (QED) is 0.481. The van der Waals surface area contributed by atoms with E-state index in [2.05, 4.69) is 26.1 Å². The Bertz CT molecular complexity index is 427. The van der Waals surface area contributed by atoms with Crippen LogP contribution in [0.3, 0.4) is 0 Å². The van der Waals surface area contributed by atoms with Crippen molar-refractivity contribution < 1.29 is 14.3 Å². The van der Waals surface area contributed by atoms with Crippen LogP contribution in [0, 0.1) is 11.3 Å². The summed E-state index contributed by atoms with van der Waals surface area (Å²) in [7, 11) is 0. The Hall–Kier alpha value is -0.970. The second-order valence-corrected chi connectivity index (χ2v) is 7.78. The van der Waals surface area contributed by atoms with Gasteiger partial charge in [0, 0.05) is 6.08 Å². The van der Waals surface area contributed by atoms with Gasteiger partial charge in [-0.15, -0.1) is 11.8 Å². The Morgan fingerprint density at radius 3 is 2.86 bits per heavy atom.